The van der Waals surface area contributed by atoms with Crippen molar-refractivity contribution in [2.75, 3.05) is 11.1 Å². The van der Waals surface area contributed by atoms with Gasteiger partial charge in [-0.2, -0.15) is 10.2 Å². The van der Waals surface area contributed by atoms with Gasteiger partial charge in [-0.1, -0.05) is 18.2 Å². The molecule has 1 unspecified atom stereocenters. The van der Waals surface area contributed by atoms with Crippen molar-refractivity contribution in [2.24, 2.45) is 0 Å². The number of benzene rings is 1. The summed E-state index contributed by atoms with van der Waals surface area (Å²) in [5.74, 6) is 0.805. The summed E-state index contributed by atoms with van der Waals surface area (Å²) in [5, 5.41) is 12.4. The van der Waals surface area contributed by atoms with Crippen molar-refractivity contribution in [1.29, 1.82) is 5.26 Å². The first-order chi connectivity index (χ1) is 13.6. The molecule has 1 atom stereocenters. The molecule has 0 bridgehead atoms. The van der Waals surface area contributed by atoms with Crippen LogP contribution in [0.25, 0.3) is 11.3 Å². The van der Waals surface area contributed by atoms with Crippen molar-refractivity contribution < 1.29 is 0 Å². The fraction of sp³-hybridized carbons (Fsp3) is 0.105. The smallest absolute Gasteiger partial charge is 0.339 e. The van der Waals surface area contributed by atoms with Crippen LogP contribution >= 0.6 is 0 Å². The van der Waals surface area contributed by atoms with E-state index in [9.17, 15) is 10.1 Å². The molecule has 28 heavy (non-hydrogen) atoms. The molecule has 4 rings (SSSR count). The summed E-state index contributed by atoms with van der Waals surface area (Å²) >= 11 is 0. The van der Waals surface area contributed by atoms with Crippen LogP contribution in [0.4, 0.5) is 11.8 Å². The highest BCUT2D eigenvalue weighted by atomic mass is 16.1. The monoisotopic (exact) mass is 372 g/mol. The van der Waals surface area contributed by atoms with E-state index in [4.69, 9.17) is 5.73 Å². The Labute approximate surface area is 159 Å². The van der Waals surface area contributed by atoms with E-state index in [0.29, 0.717) is 17.2 Å². The predicted molar refractivity (Wildman–Crippen MR) is 104 cm³/mol. The summed E-state index contributed by atoms with van der Waals surface area (Å²) in [4.78, 5) is 25.7. The number of para-hydroxylation sites is 1. The number of hydrogen-bond acceptors (Lipinski definition) is 7. The van der Waals surface area contributed by atoms with Gasteiger partial charge in [0.25, 0.3) is 0 Å². The Balaban J connectivity index is 1.87. The van der Waals surface area contributed by atoms with Crippen molar-refractivity contribution in [3.8, 4) is 11.8 Å². The highest BCUT2D eigenvalue weighted by Gasteiger charge is 2.19. The van der Waals surface area contributed by atoms with Gasteiger partial charge in [-0.15, -0.1) is 0 Å². The van der Waals surface area contributed by atoms with Crippen molar-refractivity contribution in [2.45, 2.75) is 13.0 Å². The van der Waals surface area contributed by atoms with Crippen LogP contribution < -0.4 is 16.7 Å². The zero-order chi connectivity index (χ0) is 19.7. The lowest BCUT2D eigenvalue weighted by atomic mass is 10.2. The molecule has 3 heterocycles. The average Bonchev–Trinajstić information content (AvgIpc) is 3.18. The molecule has 4 aromatic rings. The molecule has 0 saturated carbocycles. The zero-order valence-electron chi connectivity index (χ0n) is 14.9. The van der Waals surface area contributed by atoms with Crippen molar-refractivity contribution in [1.82, 2.24) is 23.9 Å². The minimum Gasteiger partial charge on any atom is -0.368 e. The highest BCUT2D eigenvalue weighted by Crippen LogP contribution is 2.21. The molecule has 3 aromatic heterocycles. The number of hydrogen-bond donors (Lipinski definition) is 2. The summed E-state index contributed by atoms with van der Waals surface area (Å²) in [6, 6.07) is 14.3. The quantitative estimate of drug-likeness (QED) is 0.560. The van der Waals surface area contributed by atoms with E-state index < -0.39 is 6.04 Å². The van der Waals surface area contributed by atoms with E-state index in [-0.39, 0.29) is 23.0 Å². The standard InChI is InChI=1S/C19H16N8O/c1-12(23-16-13(10-20)11-22-18(21)25-16)17-24-15-8-5-9-26(15)19(28)27(17)14-6-3-2-4-7-14/h2-9,11-12H,1H3,(H3,21,22,23,25). The highest BCUT2D eigenvalue weighted by molar-refractivity contribution is 5.54. The Morgan fingerprint density at radius 3 is 2.71 bits per heavy atom. The van der Waals surface area contributed by atoms with E-state index in [1.165, 1.54) is 15.2 Å². The van der Waals surface area contributed by atoms with Gasteiger partial charge in [-0.05, 0) is 31.2 Å². The van der Waals surface area contributed by atoms with Gasteiger partial charge in [0.2, 0.25) is 5.95 Å². The minimum absolute atomic E-state index is 0.0455. The molecule has 0 aliphatic rings. The second kappa shape index (κ2) is 6.85. The SMILES string of the molecule is CC(Nc1nc(N)ncc1C#N)c1nc2cccn2c(=O)n1-c1ccccc1. The van der Waals surface area contributed by atoms with Gasteiger partial charge in [-0.3, -0.25) is 4.40 Å². The van der Waals surface area contributed by atoms with E-state index in [1.54, 1.807) is 18.3 Å². The lowest BCUT2D eigenvalue weighted by Crippen LogP contribution is -2.31. The normalized spacial score (nSPS) is 11.9. The fourth-order valence-electron chi connectivity index (χ4n) is 2.97. The molecule has 9 heteroatoms. The van der Waals surface area contributed by atoms with Crippen LogP contribution in [0.5, 0.6) is 0 Å². The van der Waals surface area contributed by atoms with Gasteiger partial charge in [0.15, 0.2) is 0 Å². The molecule has 138 valence electrons. The number of nitrogens with one attached hydrogen (secondary N) is 1. The lowest BCUT2D eigenvalue weighted by molar-refractivity contribution is 0.694. The van der Waals surface area contributed by atoms with Crippen molar-refractivity contribution in [3.05, 3.63) is 76.7 Å². The number of rotatable bonds is 4. The molecule has 0 aliphatic carbocycles. The van der Waals surface area contributed by atoms with Gasteiger partial charge in [-0.25, -0.2) is 19.3 Å². The molecule has 0 saturated heterocycles. The van der Waals surface area contributed by atoms with Gasteiger partial charge in [0.1, 0.15) is 28.9 Å². The number of nitrogen functional groups attached to an aromatic ring is 1. The second-order valence-corrected chi connectivity index (χ2v) is 6.13. The van der Waals surface area contributed by atoms with E-state index in [0.717, 1.165) is 0 Å². The van der Waals surface area contributed by atoms with Crippen LogP contribution in [0.1, 0.15) is 24.4 Å². The Kier molecular flexibility index (Phi) is 4.21. The van der Waals surface area contributed by atoms with Crippen LogP contribution in [0.15, 0.2) is 59.7 Å². The fourth-order valence-corrected chi connectivity index (χ4v) is 2.97. The first-order valence-electron chi connectivity index (χ1n) is 8.53. The number of anilines is 2. The number of nitrogens with two attached hydrogens (primary N) is 1. The van der Waals surface area contributed by atoms with E-state index in [1.807, 2.05) is 43.3 Å². The number of aromatic nitrogens is 5. The Hall–Kier alpha value is -4.19. The zero-order valence-corrected chi connectivity index (χ0v) is 14.9. The number of fused-ring (bicyclic) bond motifs is 1. The van der Waals surface area contributed by atoms with Gasteiger partial charge >= 0.3 is 5.69 Å². The van der Waals surface area contributed by atoms with Crippen LogP contribution in [-0.2, 0) is 0 Å². The maximum Gasteiger partial charge on any atom is 0.339 e. The maximum absolute atomic E-state index is 13.1. The molecule has 0 radical (unpaired) electrons. The van der Waals surface area contributed by atoms with Gasteiger partial charge in [0.05, 0.1) is 17.9 Å². The first-order valence-corrected chi connectivity index (χ1v) is 8.53. The van der Waals surface area contributed by atoms with Crippen molar-refractivity contribution in [3.63, 3.8) is 0 Å². The summed E-state index contributed by atoms with van der Waals surface area (Å²) in [6.45, 7) is 1.83. The lowest BCUT2D eigenvalue weighted by Gasteiger charge is -2.20. The van der Waals surface area contributed by atoms with Crippen LogP contribution in [0.3, 0.4) is 0 Å². The van der Waals surface area contributed by atoms with Gasteiger partial charge < -0.3 is 11.1 Å². The summed E-state index contributed by atoms with van der Waals surface area (Å²) in [5.41, 5.74) is 6.88. The van der Waals surface area contributed by atoms with Crippen LogP contribution in [0.2, 0.25) is 0 Å². The molecule has 1 aromatic carbocycles. The molecule has 9 nitrogen and oxygen atoms in total. The van der Waals surface area contributed by atoms with Crippen LogP contribution in [-0.4, -0.2) is 23.9 Å². The second-order valence-electron chi connectivity index (χ2n) is 6.13. The third kappa shape index (κ3) is 2.93. The van der Waals surface area contributed by atoms with Gasteiger partial charge in [0, 0.05) is 6.20 Å². The predicted octanol–water partition coefficient (Wildman–Crippen LogP) is 1.90. The molecular weight excluding hydrogens is 356 g/mol. The largest absolute Gasteiger partial charge is 0.368 e. The third-order valence-corrected chi connectivity index (χ3v) is 4.27. The summed E-state index contributed by atoms with van der Waals surface area (Å²) < 4.78 is 3.01. The van der Waals surface area contributed by atoms with E-state index >= 15 is 0 Å². The molecule has 0 spiro atoms. The Morgan fingerprint density at radius 1 is 1.18 bits per heavy atom. The topological polar surface area (TPSA) is 127 Å². The molecule has 3 N–H and O–H groups in total. The molecule has 0 aliphatic heterocycles. The molecule has 0 amide bonds. The number of nitrogens with zero attached hydrogens (tertiary/aromatic N) is 6. The molecule has 0 fully saturated rings. The average molecular weight is 372 g/mol. The Morgan fingerprint density at radius 2 is 1.96 bits per heavy atom. The number of nitriles is 1. The summed E-state index contributed by atoms with van der Waals surface area (Å²) in [7, 11) is 0. The maximum atomic E-state index is 13.1. The van der Waals surface area contributed by atoms with Crippen molar-refractivity contribution >= 4 is 17.4 Å². The molecular formula is C19H16N8O. The van der Waals surface area contributed by atoms with E-state index in [2.05, 4.69) is 20.3 Å². The third-order valence-electron chi connectivity index (χ3n) is 4.27. The Bertz CT molecular complexity index is 1250. The summed E-state index contributed by atoms with van der Waals surface area (Å²) in [6.07, 6.45) is 3.02. The first kappa shape index (κ1) is 17.2. The minimum atomic E-state index is -0.450. The van der Waals surface area contributed by atoms with Crippen LogP contribution in [0, 0.1) is 11.3 Å².